The number of nitrogens with one attached hydrogen (secondary N) is 3. The fourth-order valence-electron chi connectivity index (χ4n) is 4.07. The Morgan fingerprint density at radius 1 is 0.737 bits per heavy atom. The highest BCUT2D eigenvalue weighted by atomic mass is 16.5. The van der Waals surface area contributed by atoms with Gasteiger partial charge in [0, 0.05) is 50.9 Å². The molecule has 3 aromatic heterocycles. The zero-order valence-electron chi connectivity index (χ0n) is 20.1. The maximum Gasteiger partial charge on any atom is 0.230 e. The molecule has 0 aliphatic carbocycles. The Labute approximate surface area is 216 Å². The van der Waals surface area contributed by atoms with Crippen molar-refractivity contribution in [1.29, 1.82) is 0 Å². The minimum absolute atomic E-state index is 0.441. The third-order valence-corrected chi connectivity index (χ3v) is 5.92. The Bertz CT molecular complexity index is 1880. The second kappa shape index (κ2) is 9.78. The zero-order chi connectivity index (χ0) is 25.9. The highest BCUT2D eigenvalue weighted by molar-refractivity contribution is 5.97. The Morgan fingerprint density at radius 2 is 1.47 bits per heavy atom. The maximum absolute atomic E-state index is 6.06. The van der Waals surface area contributed by atoms with Crippen LogP contribution in [-0.4, -0.2) is 30.4 Å². The first kappa shape index (κ1) is 22.8. The highest BCUT2D eigenvalue weighted by Crippen LogP contribution is 2.32. The Morgan fingerprint density at radius 3 is 2.29 bits per heavy atom. The molecule has 0 bridgehead atoms. The van der Waals surface area contributed by atoms with Crippen LogP contribution in [0.5, 0.6) is 11.6 Å². The summed E-state index contributed by atoms with van der Waals surface area (Å²) in [7, 11) is 0. The van der Waals surface area contributed by atoms with Gasteiger partial charge in [-0.1, -0.05) is 24.3 Å². The van der Waals surface area contributed by atoms with Gasteiger partial charge in [-0.15, -0.1) is 0 Å². The smallest absolute Gasteiger partial charge is 0.230 e. The third-order valence-electron chi connectivity index (χ3n) is 5.92. The average Bonchev–Trinajstić information content (AvgIpc) is 3.60. The van der Waals surface area contributed by atoms with Crippen LogP contribution in [0.15, 0.2) is 97.5 Å². The number of anilines is 4. The number of H-pyrrole nitrogens is 2. The van der Waals surface area contributed by atoms with E-state index >= 15 is 0 Å². The molecule has 0 fully saturated rings. The molecule has 10 heteroatoms. The summed E-state index contributed by atoms with van der Waals surface area (Å²) in [6.07, 6.45) is 5.18. The topological polar surface area (TPSA) is 156 Å². The molecule has 0 aliphatic rings. The summed E-state index contributed by atoms with van der Waals surface area (Å²) >= 11 is 0. The van der Waals surface area contributed by atoms with Gasteiger partial charge in [0.2, 0.25) is 11.8 Å². The number of benzene rings is 4. The van der Waals surface area contributed by atoms with Gasteiger partial charge in [-0.2, -0.15) is 15.2 Å². The molecule has 0 radical (unpaired) electrons. The lowest BCUT2D eigenvalue weighted by Gasteiger charge is -2.11. The number of nitrogen functional groups attached to an aromatic ring is 2. The summed E-state index contributed by atoms with van der Waals surface area (Å²) in [6.45, 7) is 0. The number of ether oxygens (including phenoxy) is 1. The van der Waals surface area contributed by atoms with Crippen LogP contribution in [0.25, 0.3) is 32.6 Å². The first-order valence-corrected chi connectivity index (χ1v) is 11.8. The van der Waals surface area contributed by atoms with Crippen LogP contribution < -0.4 is 21.5 Å². The standard InChI is InChI=1S/C21H16N6O.C7H7N3/c22-17-6-8-19(16-4-2-1-3-15(16)17)28-20-9-10-23-21(26-20)25-14-5-7-18-13(11-14)12-24-27-18;8-6-1-2-7-5(3-6)4-9-10-7/h1-12H,22H2,(H,24,27)(H,23,25,26);1-4H,8H2,(H,9,10). The van der Waals surface area contributed by atoms with E-state index in [2.05, 4.69) is 35.7 Å². The van der Waals surface area contributed by atoms with Crippen molar-refractivity contribution >= 4 is 55.6 Å². The second-order valence-corrected chi connectivity index (χ2v) is 8.53. The average molecular weight is 502 g/mol. The van der Waals surface area contributed by atoms with Crippen molar-refractivity contribution < 1.29 is 4.74 Å². The van der Waals surface area contributed by atoms with E-state index in [9.17, 15) is 0 Å². The van der Waals surface area contributed by atoms with Crippen molar-refractivity contribution in [3.63, 3.8) is 0 Å². The molecule has 0 saturated heterocycles. The molecule has 7 aromatic rings. The lowest BCUT2D eigenvalue weighted by Crippen LogP contribution is -1.98. The van der Waals surface area contributed by atoms with Gasteiger partial charge in [0.05, 0.1) is 23.4 Å². The van der Waals surface area contributed by atoms with Crippen molar-refractivity contribution in [3.05, 3.63) is 97.5 Å². The molecular weight excluding hydrogens is 478 g/mol. The summed E-state index contributed by atoms with van der Waals surface area (Å²) < 4.78 is 6.02. The van der Waals surface area contributed by atoms with Crippen molar-refractivity contribution in [2.75, 3.05) is 16.8 Å². The summed E-state index contributed by atoms with van der Waals surface area (Å²) in [5.74, 6) is 1.58. The van der Waals surface area contributed by atoms with E-state index in [0.29, 0.717) is 23.3 Å². The van der Waals surface area contributed by atoms with Gasteiger partial charge in [0.25, 0.3) is 0 Å². The van der Waals surface area contributed by atoms with Gasteiger partial charge >= 0.3 is 0 Å². The predicted molar refractivity (Wildman–Crippen MR) is 150 cm³/mol. The van der Waals surface area contributed by atoms with Crippen LogP contribution in [0.1, 0.15) is 0 Å². The first-order chi connectivity index (χ1) is 18.6. The molecule has 0 aliphatic heterocycles. The molecule has 0 spiro atoms. The monoisotopic (exact) mass is 501 g/mol. The van der Waals surface area contributed by atoms with E-state index in [4.69, 9.17) is 16.2 Å². The number of aromatic nitrogens is 6. The quantitative estimate of drug-likeness (QED) is 0.190. The summed E-state index contributed by atoms with van der Waals surface area (Å²) in [6, 6.07) is 24.8. The van der Waals surface area contributed by atoms with Crippen molar-refractivity contribution in [1.82, 2.24) is 30.4 Å². The molecular formula is C28H23N9O. The predicted octanol–water partition coefficient (Wildman–Crippen LogP) is 5.77. The summed E-state index contributed by atoms with van der Waals surface area (Å²) in [4.78, 5) is 8.74. The molecule has 0 saturated carbocycles. The molecule has 10 nitrogen and oxygen atoms in total. The van der Waals surface area contributed by atoms with Crippen LogP contribution in [0.2, 0.25) is 0 Å². The first-order valence-electron chi connectivity index (χ1n) is 11.8. The number of aromatic amines is 2. The zero-order valence-corrected chi connectivity index (χ0v) is 20.1. The van der Waals surface area contributed by atoms with Gasteiger partial charge in [-0.3, -0.25) is 10.2 Å². The SMILES string of the molecule is Nc1ccc(Oc2ccnc(Nc3ccc4[nH]ncc4c3)n2)c2ccccc12.Nc1ccc2[nH]ncc2c1. The number of nitrogens with zero attached hydrogens (tertiary/aromatic N) is 4. The third kappa shape index (κ3) is 4.73. The number of hydrogen-bond donors (Lipinski definition) is 5. The van der Waals surface area contributed by atoms with Gasteiger partial charge in [0.1, 0.15) is 5.75 Å². The Hall–Kier alpha value is -5.64. The van der Waals surface area contributed by atoms with Crippen molar-refractivity contribution in [2.24, 2.45) is 0 Å². The molecule has 4 aromatic carbocycles. The van der Waals surface area contributed by atoms with E-state index in [1.807, 2.05) is 72.8 Å². The number of rotatable bonds is 4. The van der Waals surface area contributed by atoms with Gasteiger partial charge in [0.15, 0.2) is 0 Å². The minimum Gasteiger partial charge on any atom is -0.438 e. The van der Waals surface area contributed by atoms with Crippen LogP contribution in [0, 0.1) is 0 Å². The normalized spacial score (nSPS) is 10.8. The fraction of sp³-hybridized carbons (Fsp3) is 0. The molecule has 0 atom stereocenters. The van der Waals surface area contributed by atoms with E-state index in [0.717, 1.165) is 44.0 Å². The van der Waals surface area contributed by atoms with Crippen LogP contribution in [0.3, 0.4) is 0 Å². The highest BCUT2D eigenvalue weighted by Gasteiger charge is 2.08. The Kier molecular flexibility index (Phi) is 5.87. The van der Waals surface area contributed by atoms with Crippen LogP contribution in [-0.2, 0) is 0 Å². The lowest BCUT2D eigenvalue weighted by atomic mass is 10.1. The molecule has 7 N–H and O–H groups in total. The molecule has 38 heavy (non-hydrogen) atoms. The number of nitrogens with two attached hydrogens (primary N) is 2. The van der Waals surface area contributed by atoms with Crippen LogP contribution >= 0.6 is 0 Å². The van der Waals surface area contributed by atoms with Gasteiger partial charge < -0.3 is 21.5 Å². The molecule has 3 heterocycles. The minimum atomic E-state index is 0.441. The van der Waals surface area contributed by atoms with E-state index in [1.54, 1.807) is 24.7 Å². The van der Waals surface area contributed by atoms with Gasteiger partial charge in [-0.05, 0) is 48.5 Å². The van der Waals surface area contributed by atoms with Gasteiger partial charge in [-0.25, -0.2) is 4.98 Å². The van der Waals surface area contributed by atoms with Crippen molar-refractivity contribution in [3.8, 4) is 11.6 Å². The lowest BCUT2D eigenvalue weighted by molar-refractivity contribution is 0.468. The second-order valence-electron chi connectivity index (χ2n) is 8.53. The molecule has 186 valence electrons. The Balaban J connectivity index is 0.000000221. The van der Waals surface area contributed by atoms with E-state index < -0.39 is 0 Å². The number of fused-ring (bicyclic) bond motifs is 3. The summed E-state index contributed by atoms with van der Waals surface area (Å²) in [5, 5.41) is 20.8. The van der Waals surface area contributed by atoms with Crippen LogP contribution in [0.4, 0.5) is 23.0 Å². The maximum atomic E-state index is 6.06. The van der Waals surface area contributed by atoms with Crippen molar-refractivity contribution in [2.45, 2.75) is 0 Å². The molecule has 0 unspecified atom stereocenters. The van der Waals surface area contributed by atoms with E-state index in [1.165, 1.54) is 0 Å². The summed E-state index contributed by atoms with van der Waals surface area (Å²) in [5.41, 5.74) is 15.9. The van der Waals surface area contributed by atoms with E-state index in [-0.39, 0.29) is 0 Å². The largest absolute Gasteiger partial charge is 0.438 e. The fourth-order valence-corrected chi connectivity index (χ4v) is 4.07. The molecule has 0 amide bonds. The number of hydrogen-bond acceptors (Lipinski definition) is 8. The molecule has 7 rings (SSSR count).